The molecule has 5 heteroatoms. The largest absolute Gasteiger partial charge is 0.380 e. The molecule has 1 fully saturated rings. The van der Waals surface area contributed by atoms with Crippen molar-refractivity contribution < 1.29 is 9.47 Å². The van der Waals surface area contributed by atoms with Crippen LogP contribution in [0, 0.1) is 5.41 Å². The molecule has 0 saturated carbocycles. The molecule has 1 aliphatic rings. The predicted molar refractivity (Wildman–Crippen MR) is 92.1 cm³/mol. The Morgan fingerprint density at radius 2 is 1.62 bits per heavy atom. The van der Waals surface area contributed by atoms with Crippen molar-refractivity contribution in [1.29, 1.82) is 0 Å². The van der Waals surface area contributed by atoms with Crippen LogP contribution < -0.4 is 5.73 Å². The van der Waals surface area contributed by atoms with E-state index in [9.17, 15) is 0 Å². The lowest BCUT2D eigenvalue weighted by Gasteiger charge is -2.50. The van der Waals surface area contributed by atoms with Gasteiger partial charge in [0, 0.05) is 44.1 Å². The molecule has 1 atom stereocenters. The van der Waals surface area contributed by atoms with Crippen molar-refractivity contribution in [2.45, 2.75) is 39.7 Å². The highest BCUT2D eigenvalue weighted by Gasteiger charge is 2.43. The Morgan fingerprint density at radius 1 is 1.05 bits per heavy atom. The zero-order valence-electron chi connectivity index (χ0n) is 14.3. The van der Waals surface area contributed by atoms with Crippen molar-refractivity contribution in [3.8, 4) is 0 Å². The van der Waals surface area contributed by atoms with Crippen LogP contribution in [-0.4, -0.2) is 68.0 Å². The number of nitrogens with zero attached hydrogens (tertiary/aromatic N) is 1. The fourth-order valence-corrected chi connectivity index (χ4v) is 4.74. The summed E-state index contributed by atoms with van der Waals surface area (Å²) in [4.78, 5) is 2.52. The van der Waals surface area contributed by atoms with Gasteiger partial charge in [-0.2, -0.15) is 11.8 Å². The summed E-state index contributed by atoms with van der Waals surface area (Å²) in [5, 5.41) is 0. The molecule has 2 N–H and O–H groups in total. The predicted octanol–water partition coefficient (Wildman–Crippen LogP) is 2.22. The highest BCUT2D eigenvalue weighted by Crippen LogP contribution is 2.41. The number of ether oxygens (including phenoxy) is 2. The molecule has 0 aliphatic carbocycles. The third kappa shape index (κ3) is 6.06. The van der Waals surface area contributed by atoms with E-state index in [4.69, 9.17) is 15.2 Å². The number of thioether (sulfide) groups is 1. The second kappa shape index (κ2) is 9.36. The quantitative estimate of drug-likeness (QED) is 0.626. The van der Waals surface area contributed by atoms with Crippen molar-refractivity contribution in [2.24, 2.45) is 11.1 Å². The van der Waals surface area contributed by atoms with Gasteiger partial charge in [0.25, 0.3) is 0 Å². The average Bonchev–Trinajstić information content (AvgIpc) is 2.44. The van der Waals surface area contributed by atoms with E-state index in [2.05, 4.69) is 18.7 Å². The summed E-state index contributed by atoms with van der Waals surface area (Å²) in [7, 11) is 0. The van der Waals surface area contributed by atoms with Crippen LogP contribution in [0.1, 0.15) is 34.1 Å². The molecule has 0 aromatic rings. The summed E-state index contributed by atoms with van der Waals surface area (Å²) in [5.41, 5.74) is 6.66. The van der Waals surface area contributed by atoms with Crippen molar-refractivity contribution in [1.82, 2.24) is 4.90 Å². The van der Waals surface area contributed by atoms with Gasteiger partial charge in [-0.15, -0.1) is 0 Å². The summed E-state index contributed by atoms with van der Waals surface area (Å²) in [6.45, 7) is 14.5. The standard InChI is InChI=1S/C16H34N2O2S/c1-5-19-9-7-18(8-10-20-6-2)16(12-17)11-15(3,4)13-21-14-16/h5-14,17H2,1-4H3. The molecule has 1 aliphatic heterocycles. The van der Waals surface area contributed by atoms with Gasteiger partial charge in [-0.05, 0) is 31.4 Å². The fraction of sp³-hybridized carbons (Fsp3) is 1.00. The lowest BCUT2D eigenvalue weighted by molar-refractivity contribution is 0.0125. The van der Waals surface area contributed by atoms with E-state index in [-0.39, 0.29) is 5.54 Å². The monoisotopic (exact) mass is 318 g/mol. The van der Waals surface area contributed by atoms with Crippen LogP contribution in [0.3, 0.4) is 0 Å². The SMILES string of the molecule is CCOCCN(CCOCC)C1(CN)CSCC(C)(C)C1. The van der Waals surface area contributed by atoms with E-state index in [0.29, 0.717) is 12.0 Å². The van der Waals surface area contributed by atoms with Gasteiger partial charge < -0.3 is 15.2 Å². The van der Waals surface area contributed by atoms with Crippen LogP contribution in [0.15, 0.2) is 0 Å². The lowest BCUT2D eigenvalue weighted by atomic mass is 9.78. The molecule has 0 radical (unpaired) electrons. The molecule has 0 spiro atoms. The van der Waals surface area contributed by atoms with Crippen molar-refractivity contribution in [2.75, 3.05) is 57.6 Å². The van der Waals surface area contributed by atoms with Gasteiger partial charge >= 0.3 is 0 Å². The van der Waals surface area contributed by atoms with Crippen LogP contribution >= 0.6 is 11.8 Å². The summed E-state index contributed by atoms with van der Waals surface area (Å²) >= 11 is 2.04. The summed E-state index contributed by atoms with van der Waals surface area (Å²) in [6, 6.07) is 0. The van der Waals surface area contributed by atoms with Gasteiger partial charge in [0.1, 0.15) is 0 Å². The van der Waals surface area contributed by atoms with E-state index in [0.717, 1.165) is 51.7 Å². The second-order valence-electron chi connectivity index (χ2n) is 6.64. The molecule has 1 rings (SSSR count). The first kappa shape index (κ1) is 19.2. The van der Waals surface area contributed by atoms with Gasteiger partial charge in [-0.25, -0.2) is 0 Å². The Kier molecular flexibility index (Phi) is 8.57. The van der Waals surface area contributed by atoms with Crippen LogP contribution in [0.2, 0.25) is 0 Å². The van der Waals surface area contributed by atoms with E-state index in [1.165, 1.54) is 5.75 Å². The zero-order chi connectivity index (χ0) is 15.8. The van der Waals surface area contributed by atoms with Crippen molar-refractivity contribution >= 4 is 11.8 Å². The minimum atomic E-state index is 0.0839. The summed E-state index contributed by atoms with van der Waals surface area (Å²) < 4.78 is 11.1. The third-order valence-corrected chi connectivity index (χ3v) is 5.87. The van der Waals surface area contributed by atoms with Crippen LogP contribution in [0.4, 0.5) is 0 Å². The smallest absolute Gasteiger partial charge is 0.0593 e. The maximum absolute atomic E-state index is 6.23. The topological polar surface area (TPSA) is 47.7 Å². The molecule has 1 saturated heterocycles. The number of nitrogens with two attached hydrogens (primary N) is 1. The molecule has 126 valence electrons. The lowest BCUT2D eigenvalue weighted by Crippen LogP contribution is -2.61. The van der Waals surface area contributed by atoms with Crippen LogP contribution in [0.5, 0.6) is 0 Å². The second-order valence-corrected chi connectivity index (χ2v) is 7.63. The minimum Gasteiger partial charge on any atom is -0.380 e. The minimum absolute atomic E-state index is 0.0839. The van der Waals surface area contributed by atoms with Gasteiger partial charge in [0.05, 0.1) is 13.2 Å². The molecular weight excluding hydrogens is 284 g/mol. The van der Waals surface area contributed by atoms with Crippen molar-refractivity contribution in [3.63, 3.8) is 0 Å². The molecule has 1 heterocycles. The molecule has 0 aromatic heterocycles. The van der Waals surface area contributed by atoms with Crippen LogP contribution in [0.25, 0.3) is 0 Å². The first-order valence-corrected chi connectivity index (χ1v) is 9.33. The number of hydrogen-bond acceptors (Lipinski definition) is 5. The maximum Gasteiger partial charge on any atom is 0.0593 e. The molecule has 0 amide bonds. The number of hydrogen-bond donors (Lipinski definition) is 1. The summed E-state index contributed by atoms with van der Waals surface area (Å²) in [6.07, 6.45) is 1.15. The zero-order valence-corrected chi connectivity index (χ0v) is 15.1. The normalized spacial score (nSPS) is 25.4. The Labute approximate surface area is 135 Å². The van der Waals surface area contributed by atoms with E-state index < -0.39 is 0 Å². The first-order valence-electron chi connectivity index (χ1n) is 8.18. The first-order chi connectivity index (χ1) is 9.99. The Morgan fingerprint density at radius 3 is 2.05 bits per heavy atom. The third-order valence-electron chi connectivity index (χ3n) is 4.14. The average molecular weight is 319 g/mol. The van der Waals surface area contributed by atoms with Crippen molar-refractivity contribution in [3.05, 3.63) is 0 Å². The van der Waals surface area contributed by atoms with Gasteiger partial charge in [0.15, 0.2) is 0 Å². The molecule has 4 nitrogen and oxygen atoms in total. The van der Waals surface area contributed by atoms with E-state index in [1.54, 1.807) is 0 Å². The molecule has 21 heavy (non-hydrogen) atoms. The Hall–Kier alpha value is 0.190. The van der Waals surface area contributed by atoms with Gasteiger partial charge in [0.2, 0.25) is 0 Å². The van der Waals surface area contributed by atoms with Gasteiger partial charge in [-0.3, -0.25) is 4.90 Å². The van der Waals surface area contributed by atoms with E-state index in [1.807, 2.05) is 25.6 Å². The van der Waals surface area contributed by atoms with E-state index >= 15 is 0 Å². The fourth-order valence-electron chi connectivity index (χ4n) is 3.20. The van der Waals surface area contributed by atoms with Crippen LogP contribution in [-0.2, 0) is 9.47 Å². The Balaban J connectivity index is 2.74. The molecular formula is C16H34N2O2S. The maximum atomic E-state index is 6.23. The molecule has 0 aromatic carbocycles. The highest BCUT2D eigenvalue weighted by molar-refractivity contribution is 7.99. The summed E-state index contributed by atoms with van der Waals surface area (Å²) in [5.74, 6) is 2.34. The van der Waals surface area contributed by atoms with Gasteiger partial charge in [-0.1, -0.05) is 13.8 Å². The molecule has 0 bridgehead atoms. The number of rotatable bonds is 10. The highest BCUT2D eigenvalue weighted by atomic mass is 32.2. The Bertz CT molecular complexity index is 279. The molecule has 1 unspecified atom stereocenters.